The van der Waals surface area contributed by atoms with Gasteiger partial charge in [0.2, 0.25) is 0 Å². The quantitative estimate of drug-likeness (QED) is 0.851. The van der Waals surface area contributed by atoms with E-state index in [1.54, 1.807) is 24.3 Å². The summed E-state index contributed by atoms with van der Waals surface area (Å²) in [5, 5.41) is 3.22. The van der Waals surface area contributed by atoms with Crippen molar-refractivity contribution in [3.8, 4) is 0 Å². The number of carbonyl (C=O) groups is 1. The zero-order valence-corrected chi connectivity index (χ0v) is 10.0. The van der Waals surface area contributed by atoms with Gasteiger partial charge in [-0.05, 0) is 18.2 Å². The molecule has 2 heterocycles. The van der Waals surface area contributed by atoms with Crippen LogP contribution in [0.3, 0.4) is 0 Å². The van der Waals surface area contributed by atoms with E-state index in [4.69, 9.17) is 23.2 Å². The molecule has 1 N–H and O–H groups in total. The van der Waals surface area contributed by atoms with Crippen LogP contribution in [0, 0.1) is 0 Å². The number of aromatic nitrogens is 2. The van der Waals surface area contributed by atoms with Gasteiger partial charge in [0, 0.05) is 12.4 Å². The lowest BCUT2D eigenvalue weighted by molar-refractivity contribution is 0.102. The van der Waals surface area contributed by atoms with Gasteiger partial charge in [-0.1, -0.05) is 29.3 Å². The van der Waals surface area contributed by atoms with Crippen molar-refractivity contribution in [2.24, 2.45) is 0 Å². The maximum absolute atomic E-state index is 11.8. The topological polar surface area (TPSA) is 54.9 Å². The molecule has 0 unspecified atom stereocenters. The van der Waals surface area contributed by atoms with Gasteiger partial charge in [0.1, 0.15) is 11.0 Å². The minimum Gasteiger partial charge on any atom is -0.306 e. The van der Waals surface area contributed by atoms with E-state index in [1.807, 2.05) is 0 Å². The molecule has 86 valence electrons. The first-order valence-corrected chi connectivity index (χ1v) is 5.46. The van der Waals surface area contributed by atoms with E-state index in [1.165, 1.54) is 12.4 Å². The van der Waals surface area contributed by atoms with Crippen molar-refractivity contribution in [2.75, 3.05) is 5.32 Å². The average molecular weight is 268 g/mol. The highest BCUT2D eigenvalue weighted by atomic mass is 35.5. The van der Waals surface area contributed by atoms with Crippen molar-refractivity contribution in [3.63, 3.8) is 0 Å². The Bertz CT molecular complexity index is 560. The summed E-state index contributed by atoms with van der Waals surface area (Å²) >= 11 is 11.6. The number of nitrogens with zero attached hydrogens (tertiary/aromatic N) is 2. The summed E-state index contributed by atoms with van der Waals surface area (Å²) in [7, 11) is 0. The molecular weight excluding hydrogens is 261 g/mol. The molecule has 0 saturated heterocycles. The molecule has 0 atom stereocenters. The summed E-state index contributed by atoms with van der Waals surface area (Å²) in [4.78, 5) is 19.6. The van der Waals surface area contributed by atoms with Crippen LogP contribution in [0.4, 0.5) is 5.82 Å². The number of halogens is 2. The van der Waals surface area contributed by atoms with Crippen LogP contribution in [-0.4, -0.2) is 15.9 Å². The molecule has 0 fully saturated rings. The lowest BCUT2D eigenvalue weighted by Gasteiger charge is -2.05. The Labute approximate surface area is 108 Å². The molecule has 2 aromatic heterocycles. The second-order valence-corrected chi connectivity index (χ2v) is 3.95. The Morgan fingerprint density at radius 2 is 2.06 bits per heavy atom. The summed E-state index contributed by atoms with van der Waals surface area (Å²) < 4.78 is 0. The number of carbonyl (C=O) groups excluding carboxylic acids is 1. The standard InChI is InChI=1S/C11H7Cl2N3O/c12-8-4-5-14-6-7(8)11(17)16-10-3-1-2-9(13)15-10/h1-6H,(H,15,16,17). The van der Waals surface area contributed by atoms with Crippen LogP contribution in [-0.2, 0) is 0 Å². The van der Waals surface area contributed by atoms with Crippen molar-refractivity contribution in [2.45, 2.75) is 0 Å². The van der Waals surface area contributed by atoms with Crippen LogP contribution in [0.25, 0.3) is 0 Å². The van der Waals surface area contributed by atoms with E-state index in [-0.39, 0.29) is 11.5 Å². The minimum absolute atomic E-state index is 0.288. The molecule has 1 amide bonds. The number of pyridine rings is 2. The largest absolute Gasteiger partial charge is 0.306 e. The number of hydrogen-bond donors (Lipinski definition) is 1. The fraction of sp³-hybridized carbons (Fsp3) is 0. The average Bonchev–Trinajstić information content (AvgIpc) is 2.29. The lowest BCUT2D eigenvalue weighted by atomic mass is 10.2. The summed E-state index contributed by atoms with van der Waals surface area (Å²) in [6.45, 7) is 0. The van der Waals surface area contributed by atoms with Crippen LogP contribution in [0.1, 0.15) is 10.4 Å². The van der Waals surface area contributed by atoms with Crippen LogP contribution < -0.4 is 5.32 Å². The first-order chi connectivity index (χ1) is 8.16. The number of hydrogen-bond acceptors (Lipinski definition) is 3. The fourth-order valence-electron chi connectivity index (χ4n) is 1.21. The van der Waals surface area contributed by atoms with Crippen LogP contribution in [0.2, 0.25) is 10.2 Å². The Morgan fingerprint density at radius 3 is 2.76 bits per heavy atom. The molecule has 0 spiro atoms. The van der Waals surface area contributed by atoms with Gasteiger partial charge in [0.05, 0.1) is 10.6 Å². The highest BCUT2D eigenvalue weighted by Gasteiger charge is 2.10. The predicted octanol–water partition coefficient (Wildman–Crippen LogP) is 3.04. The van der Waals surface area contributed by atoms with Gasteiger partial charge in [0.25, 0.3) is 5.91 Å². The maximum atomic E-state index is 11.8. The number of rotatable bonds is 2. The highest BCUT2D eigenvalue weighted by Crippen LogP contribution is 2.16. The van der Waals surface area contributed by atoms with Gasteiger partial charge in [-0.2, -0.15) is 0 Å². The van der Waals surface area contributed by atoms with Gasteiger partial charge in [0.15, 0.2) is 0 Å². The first kappa shape index (κ1) is 11.8. The second-order valence-electron chi connectivity index (χ2n) is 3.16. The van der Waals surface area contributed by atoms with Crippen molar-refractivity contribution in [3.05, 3.63) is 52.4 Å². The van der Waals surface area contributed by atoms with E-state index >= 15 is 0 Å². The summed E-state index contributed by atoms with van der Waals surface area (Å²) in [6, 6.07) is 6.49. The first-order valence-electron chi connectivity index (χ1n) is 4.70. The molecule has 17 heavy (non-hydrogen) atoms. The SMILES string of the molecule is O=C(Nc1cccc(Cl)n1)c1cnccc1Cl. The molecule has 4 nitrogen and oxygen atoms in total. The normalized spacial score (nSPS) is 10.0. The maximum Gasteiger partial charge on any atom is 0.259 e. The zero-order valence-electron chi connectivity index (χ0n) is 8.52. The van der Waals surface area contributed by atoms with Gasteiger partial charge in [-0.3, -0.25) is 9.78 Å². The van der Waals surface area contributed by atoms with Crippen molar-refractivity contribution < 1.29 is 4.79 Å². The van der Waals surface area contributed by atoms with Crippen LogP contribution >= 0.6 is 23.2 Å². The Hall–Kier alpha value is -1.65. The van der Waals surface area contributed by atoms with Crippen LogP contribution in [0.15, 0.2) is 36.7 Å². The molecule has 0 aromatic carbocycles. The van der Waals surface area contributed by atoms with Gasteiger partial charge in [-0.25, -0.2) is 4.98 Å². The van der Waals surface area contributed by atoms with E-state index in [2.05, 4.69) is 15.3 Å². The van der Waals surface area contributed by atoms with Crippen LogP contribution in [0.5, 0.6) is 0 Å². The second kappa shape index (κ2) is 5.12. The van der Waals surface area contributed by atoms with E-state index in [0.717, 1.165) is 0 Å². The van der Waals surface area contributed by atoms with Gasteiger partial charge >= 0.3 is 0 Å². The van der Waals surface area contributed by atoms with Crippen molar-refractivity contribution in [1.82, 2.24) is 9.97 Å². The molecule has 6 heteroatoms. The molecule has 0 aliphatic heterocycles. The van der Waals surface area contributed by atoms with Crippen molar-refractivity contribution in [1.29, 1.82) is 0 Å². The van der Waals surface area contributed by atoms with Crippen molar-refractivity contribution >= 4 is 34.9 Å². The molecule has 0 aliphatic carbocycles. The highest BCUT2D eigenvalue weighted by molar-refractivity contribution is 6.34. The Kier molecular flexibility index (Phi) is 3.56. The summed E-state index contributed by atoms with van der Waals surface area (Å²) in [6.07, 6.45) is 2.90. The molecular formula is C11H7Cl2N3O. The summed E-state index contributed by atoms with van der Waals surface area (Å²) in [5.41, 5.74) is 0.288. The van der Waals surface area contributed by atoms with E-state index in [9.17, 15) is 4.79 Å². The molecule has 0 saturated carbocycles. The third-order valence-corrected chi connectivity index (χ3v) is 2.51. The van der Waals surface area contributed by atoms with E-state index in [0.29, 0.717) is 16.0 Å². The smallest absolute Gasteiger partial charge is 0.259 e. The number of anilines is 1. The monoisotopic (exact) mass is 267 g/mol. The third-order valence-electron chi connectivity index (χ3n) is 1.97. The molecule has 0 aliphatic rings. The molecule has 0 radical (unpaired) electrons. The predicted molar refractivity (Wildman–Crippen MR) is 66.4 cm³/mol. The fourth-order valence-corrected chi connectivity index (χ4v) is 1.56. The molecule has 0 bridgehead atoms. The van der Waals surface area contributed by atoms with Gasteiger partial charge < -0.3 is 5.32 Å². The minimum atomic E-state index is -0.377. The third kappa shape index (κ3) is 2.93. The molecule has 2 aromatic rings. The lowest BCUT2D eigenvalue weighted by Crippen LogP contribution is -2.13. The molecule has 2 rings (SSSR count). The zero-order chi connectivity index (χ0) is 12.3. The number of amides is 1. The summed E-state index contributed by atoms with van der Waals surface area (Å²) in [5.74, 6) is -0.0136. The Morgan fingerprint density at radius 1 is 1.24 bits per heavy atom. The van der Waals surface area contributed by atoms with Gasteiger partial charge in [-0.15, -0.1) is 0 Å². The van der Waals surface area contributed by atoms with E-state index < -0.39 is 0 Å². The number of nitrogens with one attached hydrogen (secondary N) is 1. The Balaban J connectivity index is 2.20.